The summed E-state index contributed by atoms with van der Waals surface area (Å²) in [5, 5.41) is 0. The molecule has 0 saturated carbocycles. The van der Waals surface area contributed by atoms with Crippen molar-refractivity contribution in [3.05, 3.63) is 36.5 Å². The number of unbranched alkanes of at least 4 members (excludes halogenated alkanes) is 17. The van der Waals surface area contributed by atoms with Gasteiger partial charge in [0.1, 0.15) is 6.61 Å². The van der Waals surface area contributed by atoms with Crippen LogP contribution in [0, 0.1) is 0 Å². The van der Waals surface area contributed by atoms with E-state index in [0.29, 0.717) is 6.42 Å². The van der Waals surface area contributed by atoms with Crippen LogP contribution in [0.5, 0.6) is 0 Å². The highest BCUT2D eigenvalue weighted by Crippen LogP contribution is 2.42. The molecular weight excluding hydrogens is 615 g/mol. The Bertz CT molecular complexity index is 870. The fraction of sp³-hybridized carbons (Fsp3) is 0.789. The zero-order chi connectivity index (χ0) is 34.7. The van der Waals surface area contributed by atoms with E-state index in [4.69, 9.17) is 14.0 Å². The largest absolute Gasteiger partial charge is 0.472 e. The van der Waals surface area contributed by atoms with E-state index in [-0.39, 0.29) is 25.4 Å². The molecule has 0 fully saturated rings. The molecule has 1 N–H and O–H groups in total. The van der Waals surface area contributed by atoms with E-state index in [1.54, 1.807) is 0 Å². The molecule has 0 aromatic heterocycles. The number of hydrogen-bond acceptors (Lipinski definition) is 7. The van der Waals surface area contributed by atoms with Crippen molar-refractivity contribution in [3.8, 4) is 0 Å². The van der Waals surface area contributed by atoms with Gasteiger partial charge in [-0.2, -0.15) is 0 Å². The SMILES string of the molecule is CCCCC/C=C\C/C=C\CCCCCCCC(=O)OC(COC(=O)CCCCCCC/C=C\CCCCCC)COP(=O)(O)OC. The van der Waals surface area contributed by atoms with Crippen LogP contribution in [0.25, 0.3) is 0 Å². The number of phosphoric ester groups is 1. The molecular formula is C38H69O8P. The number of allylic oxidation sites excluding steroid dienone is 6. The quantitative estimate of drug-likeness (QED) is 0.0309. The molecule has 0 saturated heterocycles. The molecule has 0 aromatic rings. The molecule has 0 rings (SSSR count). The zero-order valence-corrected chi connectivity index (χ0v) is 31.1. The fourth-order valence-electron chi connectivity index (χ4n) is 4.92. The first-order chi connectivity index (χ1) is 22.8. The van der Waals surface area contributed by atoms with Gasteiger partial charge in [0.2, 0.25) is 0 Å². The van der Waals surface area contributed by atoms with Gasteiger partial charge in [0, 0.05) is 20.0 Å². The lowest BCUT2D eigenvalue weighted by molar-refractivity contribution is -0.161. The van der Waals surface area contributed by atoms with Crippen LogP contribution in [0.15, 0.2) is 36.5 Å². The third-order valence-electron chi connectivity index (χ3n) is 7.86. The fourth-order valence-corrected chi connectivity index (χ4v) is 5.38. The maximum Gasteiger partial charge on any atom is 0.472 e. The van der Waals surface area contributed by atoms with Crippen molar-refractivity contribution in [2.75, 3.05) is 20.3 Å². The molecule has 0 amide bonds. The molecule has 2 unspecified atom stereocenters. The Morgan fingerprint density at radius 1 is 0.596 bits per heavy atom. The third-order valence-corrected chi connectivity index (χ3v) is 8.79. The van der Waals surface area contributed by atoms with Crippen LogP contribution in [0.4, 0.5) is 0 Å². The topological polar surface area (TPSA) is 108 Å². The lowest BCUT2D eigenvalue weighted by atomic mass is 10.1. The van der Waals surface area contributed by atoms with E-state index in [1.165, 1.54) is 57.8 Å². The van der Waals surface area contributed by atoms with Crippen LogP contribution in [0.1, 0.15) is 168 Å². The average Bonchev–Trinajstić information content (AvgIpc) is 3.06. The van der Waals surface area contributed by atoms with Crippen LogP contribution >= 0.6 is 7.82 Å². The molecule has 0 aromatic carbocycles. The summed E-state index contributed by atoms with van der Waals surface area (Å²) >= 11 is 0. The number of ether oxygens (including phenoxy) is 2. The van der Waals surface area contributed by atoms with Crippen molar-refractivity contribution >= 4 is 19.8 Å². The molecule has 0 aliphatic rings. The first-order valence-electron chi connectivity index (χ1n) is 18.7. The van der Waals surface area contributed by atoms with E-state index in [1.807, 2.05) is 0 Å². The van der Waals surface area contributed by atoms with Crippen LogP contribution < -0.4 is 0 Å². The third kappa shape index (κ3) is 33.9. The van der Waals surface area contributed by atoms with Crippen LogP contribution in [-0.2, 0) is 32.7 Å². The van der Waals surface area contributed by atoms with Gasteiger partial charge in [-0.15, -0.1) is 0 Å². The van der Waals surface area contributed by atoms with E-state index < -0.39 is 26.5 Å². The van der Waals surface area contributed by atoms with Gasteiger partial charge in [0.25, 0.3) is 0 Å². The predicted molar refractivity (Wildman–Crippen MR) is 193 cm³/mol. The number of phosphoric acid groups is 1. The smallest absolute Gasteiger partial charge is 0.462 e. The molecule has 0 spiro atoms. The minimum Gasteiger partial charge on any atom is -0.462 e. The Balaban J connectivity index is 4.11. The van der Waals surface area contributed by atoms with Gasteiger partial charge in [0.05, 0.1) is 6.61 Å². The number of rotatable bonds is 34. The van der Waals surface area contributed by atoms with Crippen LogP contribution in [0.2, 0.25) is 0 Å². The molecule has 2 atom stereocenters. The molecule has 0 aliphatic heterocycles. The Labute approximate surface area is 287 Å². The van der Waals surface area contributed by atoms with Gasteiger partial charge in [-0.3, -0.25) is 18.6 Å². The average molecular weight is 685 g/mol. The first kappa shape index (κ1) is 45.3. The summed E-state index contributed by atoms with van der Waals surface area (Å²) in [6.07, 6.45) is 37.6. The normalized spacial score (nSPS) is 13.9. The van der Waals surface area contributed by atoms with E-state index in [0.717, 1.165) is 84.2 Å². The first-order valence-corrected chi connectivity index (χ1v) is 20.2. The highest BCUT2D eigenvalue weighted by atomic mass is 31.2. The minimum absolute atomic E-state index is 0.227. The number of esters is 2. The lowest BCUT2D eigenvalue weighted by Gasteiger charge is -2.19. The van der Waals surface area contributed by atoms with E-state index >= 15 is 0 Å². The monoisotopic (exact) mass is 684 g/mol. The summed E-state index contributed by atoms with van der Waals surface area (Å²) in [6, 6.07) is 0. The molecule has 47 heavy (non-hydrogen) atoms. The summed E-state index contributed by atoms with van der Waals surface area (Å²) in [5.74, 6) is -0.832. The zero-order valence-electron chi connectivity index (χ0n) is 30.2. The standard InChI is InChI=1S/C38H69O8P/c1-4-6-8-10-12-14-16-18-19-21-23-25-27-29-31-33-38(40)46-36(35-45-47(41,42)43-3)34-44-37(39)32-30-28-26-24-22-20-17-15-13-11-9-7-5-2/h12,14-15,17-19,36H,4-11,13,16,20-35H2,1-3H3,(H,41,42)/b14-12-,17-15-,19-18-. The molecule has 0 bridgehead atoms. The predicted octanol–water partition coefficient (Wildman–Crippen LogP) is 11.3. The molecule has 0 aliphatic carbocycles. The van der Waals surface area contributed by atoms with Crippen LogP contribution in [-0.4, -0.2) is 43.3 Å². The van der Waals surface area contributed by atoms with Crippen molar-refractivity contribution in [2.45, 2.75) is 174 Å². The van der Waals surface area contributed by atoms with Crippen molar-refractivity contribution in [2.24, 2.45) is 0 Å². The number of carbonyl (C=O) groups excluding carboxylic acids is 2. The Kier molecular flexibility index (Phi) is 32.9. The summed E-state index contributed by atoms with van der Waals surface area (Å²) in [4.78, 5) is 34.3. The lowest BCUT2D eigenvalue weighted by Crippen LogP contribution is -2.29. The van der Waals surface area contributed by atoms with E-state index in [2.05, 4.69) is 54.8 Å². The second-order valence-corrected chi connectivity index (χ2v) is 13.9. The van der Waals surface area contributed by atoms with Gasteiger partial charge in [-0.05, 0) is 70.6 Å². The Hall–Kier alpha value is -1.73. The second-order valence-electron chi connectivity index (χ2n) is 12.3. The molecule has 9 heteroatoms. The van der Waals surface area contributed by atoms with E-state index in [9.17, 15) is 19.0 Å². The van der Waals surface area contributed by atoms with Gasteiger partial charge >= 0.3 is 19.8 Å². The molecule has 8 nitrogen and oxygen atoms in total. The maximum atomic E-state index is 12.4. The Morgan fingerprint density at radius 3 is 1.55 bits per heavy atom. The van der Waals surface area contributed by atoms with Gasteiger partial charge in [0.15, 0.2) is 6.10 Å². The summed E-state index contributed by atoms with van der Waals surface area (Å²) in [5.41, 5.74) is 0. The van der Waals surface area contributed by atoms with Gasteiger partial charge in [-0.25, -0.2) is 4.57 Å². The van der Waals surface area contributed by atoms with Crippen LogP contribution in [0.3, 0.4) is 0 Å². The van der Waals surface area contributed by atoms with Crippen molar-refractivity contribution < 1.29 is 37.6 Å². The molecule has 0 radical (unpaired) electrons. The van der Waals surface area contributed by atoms with Gasteiger partial charge < -0.3 is 14.4 Å². The number of carbonyl (C=O) groups is 2. The minimum atomic E-state index is -4.26. The number of hydrogen-bond donors (Lipinski definition) is 1. The van der Waals surface area contributed by atoms with Crippen molar-refractivity contribution in [1.29, 1.82) is 0 Å². The highest BCUT2D eigenvalue weighted by Gasteiger charge is 2.24. The summed E-state index contributed by atoms with van der Waals surface area (Å²) < 4.78 is 31.8. The second kappa shape index (κ2) is 34.1. The Morgan fingerprint density at radius 2 is 1.02 bits per heavy atom. The molecule has 0 heterocycles. The highest BCUT2D eigenvalue weighted by molar-refractivity contribution is 7.47. The molecule has 274 valence electrons. The van der Waals surface area contributed by atoms with Gasteiger partial charge in [-0.1, -0.05) is 121 Å². The van der Waals surface area contributed by atoms with Crippen molar-refractivity contribution in [1.82, 2.24) is 0 Å². The summed E-state index contributed by atoms with van der Waals surface area (Å²) in [6.45, 7) is 3.81. The maximum absolute atomic E-state index is 12.4. The summed E-state index contributed by atoms with van der Waals surface area (Å²) in [7, 11) is -3.21. The van der Waals surface area contributed by atoms with Crippen molar-refractivity contribution in [3.63, 3.8) is 0 Å².